The fourth-order valence-corrected chi connectivity index (χ4v) is 1.01. The number of nitro groups is 1. The molecule has 16 heavy (non-hydrogen) atoms. The van der Waals surface area contributed by atoms with Crippen molar-refractivity contribution in [3.05, 3.63) is 27.9 Å². The Morgan fingerprint density at radius 3 is 2.88 bits per heavy atom. The van der Waals surface area contributed by atoms with E-state index < -0.39 is 23.5 Å². The molecule has 1 aromatic rings. The molecule has 0 bridgehead atoms. The SMILES string of the molecule is Cc1ccc(OCC(O)CO)c([N+](=O)[O-])n1. The third kappa shape index (κ3) is 3.14. The summed E-state index contributed by atoms with van der Waals surface area (Å²) in [5.41, 5.74) is 0.502. The van der Waals surface area contributed by atoms with Crippen LogP contribution in [0.25, 0.3) is 0 Å². The Labute approximate surface area is 91.5 Å². The van der Waals surface area contributed by atoms with Crippen LogP contribution in [-0.4, -0.2) is 39.4 Å². The van der Waals surface area contributed by atoms with E-state index in [1.807, 2.05) is 0 Å². The Bertz CT molecular complexity index is 382. The quantitative estimate of drug-likeness (QED) is 0.544. The molecule has 1 atom stereocenters. The van der Waals surface area contributed by atoms with Crippen LogP contribution in [0.3, 0.4) is 0 Å². The van der Waals surface area contributed by atoms with E-state index >= 15 is 0 Å². The molecule has 0 spiro atoms. The van der Waals surface area contributed by atoms with E-state index in [0.717, 1.165) is 0 Å². The van der Waals surface area contributed by atoms with Gasteiger partial charge in [-0.1, -0.05) is 0 Å². The van der Waals surface area contributed by atoms with Crippen LogP contribution in [0, 0.1) is 17.0 Å². The van der Waals surface area contributed by atoms with Crippen LogP contribution in [0.4, 0.5) is 5.82 Å². The van der Waals surface area contributed by atoms with Crippen molar-refractivity contribution in [2.45, 2.75) is 13.0 Å². The monoisotopic (exact) mass is 228 g/mol. The molecule has 0 aliphatic heterocycles. The van der Waals surface area contributed by atoms with Gasteiger partial charge in [0.1, 0.15) is 18.4 Å². The number of rotatable bonds is 5. The van der Waals surface area contributed by atoms with Crippen molar-refractivity contribution < 1.29 is 19.9 Å². The maximum atomic E-state index is 10.6. The van der Waals surface area contributed by atoms with Gasteiger partial charge < -0.3 is 25.1 Å². The van der Waals surface area contributed by atoms with Crippen LogP contribution in [0.2, 0.25) is 0 Å². The Morgan fingerprint density at radius 1 is 1.62 bits per heavy atom. The molecule has 0 saturated carbocycles. The zero-order valence-electron chi connectivity index (χ0n) is 8.66. The number of hydrogen-bond acceptors (Lipinski definition) is 6. The lowest BCUT2D eigenvalue weighted by Crippen LogP contribution is -2.21. The first-order valence-corrected chi connectivity index (χ1v) is 4.58. The zero-order chi connectivity index (χ0) is 12.1. The summed E-state index contributed by atoms with van der Waals surface area (Å²) in [6.07, 6.45) is -1.07. The summed E-state index contributed by atoms with van der Waals surface area (Å²) in [7, 11) is 0. The highest BCUT2D eigenvalue weighted by Gasteiger charge is 2.18. The number of ether oxygens (including phenoxy) is 1. The summed E-state index contributed by atoms with van der Waals surface area (Å²) in [5.74, 6) is -0.423. The third-order valence-corrected chi connectivity index (χ3v) is 1.79. The Morgan fingerprint density at radius 2 is 2.31 bits per heavy atom. The number of aryl methyl sites for hydroxylation is 1. The minimum Gasteiger partial charge on any atom is -0.483 e. The van der Waals surface area contributed by atoms with Crippen LogP contribution >= 0.6 is 0 Å². The number of aromatic nitrogens is 1. The lowest BCUT2D eigenvalue weighted by Gasteiger charge is -2.09. The van der Waals surface area contributed by atoms with Gasteiger partial charge in [0.2, 0.25) is 5.75 Å². The molecule has 0 amide bonds. The van der Waals surface area contributed by atoms with Crippen molar-refractivity contribution in [2.24, 2.45) is 0 Å². The highest BCUT2D eigenvalue weighted by atomic mass is 16.6. The number of pyridine rings is 1. The van der Waals surface area contributed by atoms with E-state index in [4.69, 9.17) is 14.9 Å². The summed E-state index contributed by atoms with van der Waals surface area (Å²) in [6, 6.07) is 2.97. The average molecular weight is 228 g/mol. The molecule has 0 aliphatic rings. The van der Waals surface area contributed by atoms with Crippen LogP contribution in [-0.2, 0) is 0 Å². The number of aliphatic hydroxyl groups is 2. The summed E-state index contributed by atoms with van der Waals surface area (Å²) in [4.78, 5) is 13.7. The molecule has 1 rings (SSSR count). The first-order chi connectivity index (χ1) is 7.54. The van der Waals surface area contributed by atoms with Crippen molar-refractivity contribution in [3.8, 4) is 5.75 Å². The Kier molecular flexibility index (Phi) is 4.15. The highest BCUT2D eigenvalue weighted by Crippen LogP contribution is 2.24. The lowest BCUT2D eigenvalue weighted by atomic mass is 10.3. The van der Waals surface area contributed by atoms with Gasteiger partial charge in [0.05, 0.1) is 6.61 Å². The fourth-order valence-electron chi connectivity index (χ4n) is 1.01. The predicted octanol–water partition coefficient (Wildman–Crippen LogP) is 0.0302. The molecule has 0 fully saturated rings. The van der Waals surface area contributed by atoms with Crippen LogP contribution in [0.5, 0.6) is 5.75 Å². The maximum absolute atomic E-state index is 10.6. The molecule has 7 heteroatoms. The van der Waals surface area contributed by atoms with E-state index in [2.05, 4.69) is 4.98 Å². The van der Waals surface area contributed by atoms with Crippen molar-refractivity contribution in [1.29, 1.82) is 0 Å². The second-order valence-electron chi connectivity index (χ2n) is 3.18. The molecular formula is C9H12N2O5. The zero-order valence-corrected chi connectivity index (χ0v) is 8.66. The van der Waals surface area contributed by atoms with Gasteiger partial charge in [-0.3, -0.25) is 0 Å². The van der Waals surface area contributed by atoms with Gasteiger partial charge in [0.15, 0.2) is 0 Å². The molecule has 0 aromatic carbocycles. The number of hydrogen-bond donors (Lipinski definition) is 2. The second-order valence-corrected chi connectivity index (χ2v) is 3.18. The Hall–Kier alpha value is -1.73. The summed E-state index contributed by atoms with van der Waals surface area (Å²) < 4.78 is 4.99. The number of aliphatic hydroxyl groups excluding tert-OH is 2. The van der Waals surface area contributed by atoms with Crippen molar-refractivity contribution in [3.63, 3.8) is 0 Å². The van der Waals surface area contributed by atoms with Gasteiger partial charge in [-0.05, 0) is 22.0 Å². The molecule has 1 aromatic heterocycles. The highest BCUT2D eigenvalue weighted by molar-refractivity contribution is 5.40. The second kappa shape index (κ2) is 5.38. The van der Waals surface area contributed by atoms with Gasteiger partial charge in [-0.15, -0.1) is 0 Å². The molecule has 0 saturated heterocycles. The molecule has 1 unspecified atom stereocenters. The van der Waals surface area contributed by atoms with Gasteiger partial charge in [0, 0.05) is 6.92 Å². The maximum Gasteiger partial charge on any atom is 0.406 e. The van der Waals surface area contributed by atoms with Gasteiger partial charge in [0.25, 0.3) is 0 Å². The number of nitrogens with zero attached hydrogens (tertiary/aromatic N) is 2. The minimum atomic E-state index is -1.07. The molecule has 88 valence electrons. The minimum absolute atomic E-state index is 0.0249. The summed E-state index contributed by atoms with van der Waals surface area (Å²) in [5, 5.41) is 28.2. The van der Waals surface area contributed by atoms with Gasteiger partial charge in [-0.25, -0.2) is 0 Å². The lowest BCUT2D eigenvalue weighted by molar-refractivity contribution is -0.390. The van der Waals surface area contributed by atoms with Crippen LogP contribution < -0.4 is 4.74 Å². The predicted molar refractivity (Wildman–Crippen MR) is 54.2 cm³/mol. The molecule has 1 heterocycles. The largest absolute Gasteiger partial charge is 0.483 e. The first kappa shape index (κ1) is 12.3. The summed E-state index contributed by atoms with van der Waals surface area (Å²) in [6.45, 7) is 0.939. The molecule has 0 aliphatic carbocycles. The van der Waals surface area contributed by atoms with Crippen LogP contribution in [0.15, 0.2) is 12.1 Å². The third-order valence-electron chi connectivity index (χ3n) is 1.79. The fraction of sp³-hybridized carbons (Fsp3) is 0.444. The van der Waals surface area contributed by atoms with Crippen molar-refractivity contribution in [1.82, 2.24) is 4.98 Å². The van der Waals surface area contributed by atoms with E-state index in [1.54, 1.807) is 13.0 Å². The van der Waals surface area contributed by atoms with Crippen molar-refractivity contribution >= 4 is 5.82 Å². The smallest absolute Gasteiger partial charge is 0.406 e. The van der Waals surface area contributed by atoms with Gasteiger partial charge in [-0.2, -0.15) is 0 Å². The first-order valence-electron chi connectivity index (χ1n) is 4.58. The standard InChI is InChI=1S/C9H12N2O5/c1-6-2-3-8(9(10-6)11(14)15)16-5-7(13)4-12/h2-3,7,12-13H,4-5H2,1H3. The van der Waals surface area contributed by atoms with E-state index in [0.29, 0.717) is 5.69 Å². The van der Waals surface area contributed by atoms with Gasteiger partial charge >= 0.3 is 5.82 Å². The van der Waals surface area contributed by atoms with Crippen molar-refractivity contribution in [2.75, 3.05) is 13.2 Å². The molecule has 0 radical (unpaired) electrons. The Balaban J connectivity index is 2.82. The average Bonchev–Trinajstić information content (AvgIpc) is 2.26. The molecule has 7 nitrogen and oxygen atoms in total. The van der Waals surface area contributed by atoms with E-state index in [9.17, 15) is 10.1 Å². The summed E-state index contributed by atoms with van der Waals surface area (Å²) >= 11 is 0. The normalized spacial score (nSPS) is 12.2. The molecular weight excluding hydrogens is 216 g/mol. The van der Waals surface area contributed by atoms with E-state index in [1.165, 1.54) is 6.07 Å². The van der Waals surface area contributed by atoms with E-state index in [-0.39, 0.29) is 12.4 Å². The molecule has 2 N–H and O–H groups in total. The topological polar surface area (TPSA) is 106 Å². The van der Waals surface area contributed by atoms with Crippen LogP contribution in [0.1, 0.15) is 5.69 Å².